The second-order valence-corrected chi connectivity index (χ2v) is 5.52. The first-order chi connectivity index (χ1) is 13.5. The molecular formula is C19H15F3N4O2. The van der Waals surface area contributed by atoms with Crippen molar-refractivity contribution in [2.45, 2.75) is 6.92 Å². The molecule has 3 aromatic rings. The predicted octanol–water partition coefficient (Wildman–Crippen LogP) is 4.29. The summed E-state index contributed by atoms with van der Waals surface area (Å²) in [5.41, 5.74) is 0.158. The molecule has 0 aliphatic carbocycles. The highest BCUT2D eigenvalue weighted by molar-refractivity contribution is 6.03. The van der Waals surface area contributed by atoms with Crippen molar-refractivity contribution in [1.29, 1.82) is 0 Å². The number of aromatic nitrogens is 2. The molecule has 0 aliphatic heterocycles. The van der Waals surface area contributed by atoms with Crippen LogP contribution in [0.2, 0.25) is 0 Å². The van der Waals surface area contributed by atoms with Crippen LogP contribution in [0.5, 0.6) is 5.75 Å². The van der Waals surface area contributed by atoms with Crippen molar-refractivity contribution in [3.63, 3.8) is 0 Å². The molecule has 28 heavy (non-hydrogen) atoms. The largest absolute Gasteiger partial charge is 0.494 e. The molecule has 144 valence electrons. The molecule has 0 spiro atoms. The maximum atomic E-state index is 13.8. The number of amides is 1. The average molecular weight is 388 g/mol. The van der Waals surface area contributed by atoms with E-state index in [-0.39, 0.29) is 17.3 Å². The molecule has 0 atom stereocenters. The Bertz CT molecular complexity index is 997. The van der Waals surface area contributed by atoms with Crippen molar-refractivity contribution in [2.75, 3.05) is 17.2 Å². The zero-order chi connectivity index (χ0) is 20.1. The molecule has 1 aromatic heterocycles. The highest BCUT2D eigenvalue weighted by Gasteiger charge is 2.15. The Hall–Kier alpha value is -3.62. The Morgan fingerprint density at radius 3 is 2.50 bits per heavy atom. The van der Waals surface area contributed by atoms with Gasteiger partial charge in [-0.1, -0.05) is 0 Å². The van der Waals surface area contributed by atoms with E-state index in [1.54, 1.807) is 24.3 Å². The zero-order valence-corrected chi connectivity index (χ0v) is 14.7. The Labute approximate surface area is 158 Å². The lowest BCUT2D eigenvalue weighted by Crippen LogP contribution is -2.15. The molecule has 0 fully saturated rings. The van der Waals surface area contributed by atoms with Crippen LogP contribution in [0, 0.1) is 17.5 Å². The highest BCUT2D eigenvalue weighted by atomic mass is 19.2. The lowest BCUT2D eigenvalue weighted by atomic mass is 10.3. The summed E-state index contributed by atoms with van der Waals surface area (Å²) < 4.78 is 45.4. The maximum absolute atomic E-state index is 13.8. The molecule has 0 saturated carbocycles. The van der Waals surface area contributed by atoms with Crippen LogP contribution in [0.4, 0.5) is 30.5 Å². The van der Waals surface area contributed by atoms with Crippen molar-refractivity contribution in [1.82, 2.24) is 9.97 Å². The SMILES string of the molecule is CCOc1ccc(NC(=O)c2ccnc(Nc3ccc(F)c(F)c3F)n2)cc1. The topological polar surface area (TPSA) is 76.1 Å². The van der Waals surface area contributed by atoms with Crippen LogP contribution in [-0.4, -0.2) is 22.5 Å². The van der Waals surface area contributed by atoms with E-state index in [1.807, 2.05) is 6.92 Å². The number of benzene rings is 2. The van der Waals surface area contributed by atoms with Crippen molar-refractivity contribution in [3.05, 3.63) is 71.8 Å². The fourth-order valence-corrected chi connectivity index (χ4v) is 2.28. The summed E-state index contributed by atoms with van der Waals surface area (Å²) in [5, 5.41) is 5.07. The van der Waals surface area contributed by atoms with Crippen LogP contribution in [-0.2, 0) is 0 Å². The first kappa shape index (κ1) is 19.2. The summed E-state index contributed by atoms with van der Waals surface area (Å²) in [6, 6.07) is 9.87. The number of anilines is 3. The van der Waals surface area contributed by atoms with Gasteiger partial charge in [-0.15, -0.1) is 0 Å². The summed E-state index contributed by atoms with van der Waals surface area (Å²) in [5.74, 6) is -4.35. The first-order valence-corrected chi connectivity index (χ1v) is 8.25. The van der Waals surface area contributed by atoms with Gasteiger partial charge in [0.05, 0.1) is 12.3 Å². The Morgan fingerprint density at radius 1 is 1.04 bits per heavy atom. The maximum Gasteiger partial charge on any atom is 0.274 e. The van der Waals surface area contributed by atoms with E-state index >= 15 is 0 Å². The lowest BCUT2D eigenvalue weighted by molar-refractivity contribution is 0.102. The quantitative estimate of drug-likeness (QED) is 0.616. The third-order valence-corrected chi connectivity index (χ3v) is 3.59. The van der Waals surface area contributed by atoms with Gasteiger partial charge in [-0.2, -0.15) is 0 Å². The summed E-state index contributed by atoms with van der Waals surface area (Å²) in [7, 11) is 0. The van der Waals surface area contributed by atoms with Crippen molar-refractivity contribution >= 4 is 23.2 Å². The molecule has 0 saturated heterocycles. The van der Waals surface area contributed by atoms with Crippen LogP contribution >= 0.6 is 0 Å². The number of carbonyl (C=O) groups excluding carboxylic acids is 1. The van der Waals surface area contributed by atoms with Crippen molar-refractivity contribution in [2.24, 2.45) is 0 Å². The molecular weight excluding hydrogens is 373 g/mol. The zero-order valence-electron chi connectivity index (χ0n) is 14.7. The molecule has 6 nitrogen and oxygen atoms in total. The number of rotatable bonds is 6. The van der Waals surface area contributed by atoms with Gasteiger partial charge in [-0.3, -0.25) is 4.79 Å². The van der Waals surface area contributed by atoms with Crippen LogP contribution in [0.15, 0.2) is 48.7 Å². The molecule has 1 heterocycles. The van der Waals surface area contributed by atoms with Gasteiger partial charge < -0.3 is 15.4 Å². The lowest BCUT2D eigenvalue weighted by Gasteiger charge is -2.09. The number of nitrogens with one attached hydrogen (secondary N) is 2. The summed E-state index contributed by atoms with van der Waals surface area (Å²) >= 11 is 0. The minimum atomic E-state index is -1.62. The number of hydrogen-bond donors (Lipinski definition) is 2. The number of carbonyl (C=O) groups is 1. The van der Waals surface area contributed by atoms with Crippen LogP contribution in [0.25, 0.3) is 0 Å². The Balaban J connectivity index is 1.73. The molecule has 0 radical (unpaired) electrons. The standard InChI is InChI=1S/C19H15F3N4O2/c1-2-28-12-5-3-11(4-6-12)24-18(27)15-9-10-23-19(26-15)25-14-8-7-13(20)16(21)17(14)22/h3-10H,2H2,1H3,(H,24,27)(H,23,25,26). The van der Waals surface area contributed by atoms with Gasteiger partial charge in [-0.05, 0) is 49.4 Å². The second kappa shape index (κ2) is 8.38. The molecule has 3 rings (SSSR count). The van der Waals surface area contributed by atoms with Crippen molar-refractivity contribution < 1.29 is 22.7 Å². The fourth-order valence-electron chi connectivity index (χ4n) is 2.28. The molecule has 2 N–H and O–H groups in total. The Kier molecular flexibility index (Phi) is 5.73. The van der Waals surface area contributed by atoms with Gasteiger partial charge >= 0.3 is 0 Å². The second-order valence-electron chi connectivity index (χ2n) is 5.52. The summed E-state index contributed by atoms with van der Waals surface area (Å²) in [6.07, 6.45) is 1.28. The van der Waals surface area contributed by atoms with E-state index in [0.29, 0.717) is 18.0 Å². The van der Waals surface area contributed by atoms with Gasteiger partial charge in [-0.25, -0.2) is 23.1 Å². The Morgan fingerprint density at radius 2 is 1.79 bits per heavy atom. The van der Waals surface area contributed by atoms with E-state index in [9.17, 15) is 18.0 Å². The van der Waals surface area contributed by atoms with Gasteiger partial charge in [0.15, 0.2) is 17.5 Å². The van der Waals surface area contributed by atoms with E-state index in [0.717, 1.165) is 12.1 Å². The molecule has 0 bridgehead atoms. The summed E-state index contributed by atoms with van der Waals surface area (Å²) in [6.45, 7) is 2.39. The molecule has 0 unspecified atom stereocenters. The minimum absolute atomic E-state index is 0.00521. The van der Waals surface area contributed by atoms with Crippen LogP contribution < -0.4 is 15.4 Å². The molecule has 9 heteroatoms. The van der Waals surface area contributed by atoms with Gasteiger partial charge in [0.1, 0.15) is 11.4 Å². The third kappa shape index (κ3) is 4.37. The average Bonchev–Trinajstić information content (AvgIpc) is 2.70. The van der Waals surface area contributed by atoms with Gasteiger partial charge in [0.2, 0.25) is 5.95 Å². The number of hydrogen-bond acceptors (Lipinski definition) is 5. The van der Waals surface area contributed by atoms with Crippen molar-refractivity contribution in [3.8, 4) is 5.75 Å². The normalized spacial score (nSPS) is 10.4. The third-order valence-electron chi connectivity index (χ3n) is 3.59. The molecule has 1 amide bonds. The van der Waals surface area contributed by atoms with E-state index < -0.39 is 23.4 Å². The number of nitrogens with zero attached hydrogens (tertiary/aromatic N) is 2. The molecule has 2 aromatic carbocycles. The molecule has 0 aliphatic rings. The monoisotopic (exact) mass is 388 g/mol. The van der Waals surface area contributed by atoms with E-state index in [1.165, 1.54) is 12.3 Å². The van der Waals surface area contributed by atoms with Crippen LogP contribution in [0.1, 0.15) is 17.4 Å². The van der Waals surface area contributed by atoms with Gasteiger partial charge in [0.25, 0.3) is 5.91 Å². The first-order valence-electron chi connectivity index (χ1n) is 8.25. The predicted molar refractivity (Wildman–Crippen MR) is 97.2 cm³/mol. The van der Waals surface area contributed by atoms with Crippen LogP contribution in [0.3, 0.4) is 0 Å². The smallest absolute Gasteiger partial charge is 0.274 e. The number of halogens is 3. The van der Waals surface area contributed by atoms with E-state index in [4.69, 9.17) is 4.74 Å². The number of ether oxygens (including phenoxy) is 1. The minimum Gasteiger partial charge on any atom is -0.494 e. The van der Waals surface area contributed by atoms with E-state index in [2.05, 4.69) is 20.6 Å². The highest BCUT2D eigenvalue weighted by Crippen LogP contribution is 2.22. The van der Waals surface area contributed by atoms with Gasteiger partial charge in [0, 0.05) is 11.9 Å². The summed E-state index contributed by atoms with van der Waals surface area (Å²) in [4.78, 5) is 20.2. The fraction of sp³-hybridized carbons (Fsp3) is 0.105.